The van der Waals surface area contributed by atoms with E-state index in [1.165, 1.54) is 0 Å². The van der Waals surface area contributed by atoms with E-state index in [0.29, 0.717) is 13.1 Å². The maximum Gasteiger partial charge on any atom is 0.173 e. The highest BCUT2D eigenvalue weighted by Gasteiger charge is 2.45. The highest BCUT2D eigenvalue weighted by Crippen LogP contribution is 2.23. The van der Waals surface area contributed by atoms with E-state index in [1.54, 1.807) is 0 Å². The molecule has 0 radical (unpaired) electrons. The van der Waals surface area contributed by atoms with Gasteiger partial charge in [0, 0.05) is 0 Å². The molecule has 0 aliphatic carbocycles. The maximum absolute atomic E-state index is 9.90. The standard InChI is InChI=1S/C10H21NO5/c1-3-11(4-2)7-9(14)8(13)6(5-12)16-10(7)15/h6-10,12-15H,3-5H2,1-2H3/t6-,7+,8-,9-,10-/m1/s1. The van der Waals surface area contributed by atoms with E-state index in [2.05, 4.69) is 0 Å². The summed E-state index contributed by atoms with van der Waals surface area (Å²) in [5, 5.41) is 38.3. The van der Waals surface area contributed by atoms with Crippen LogP contribution >= 0.6 is 0 Å². The van der Waals surface area contributed by atoms with Crippen LogP contribution in [0.25, 0.3) is 0 Å². The van der Waals surface area contributed by atoms with Gasteiger partial charge in [-0.05, 0) is 13.1 Å². The molecule has 0 saturated carbocycles. The van der Waals surface area contributed by atoms with Crippen LogP contribution in [0.15, 0.2) is 0 Å². The summed E-state index contributed by atoms with van der Waals surface area (Å²) in [5.41, 5.74) is 0. The third kappa shape index (κ3) is 2.53. The van der Waals surface area contributed by atoms with Gasteiger partial charge in [0.05, 0.1) is 12.6 Å². The molecule has 1 aliphatic rings. The van der Waals surface area contributed by atoms with E-state index in [9.17, 15) is 15.3 Å². The van der Waals surface area contributed by atoms with Crippen molar-refractivity contribution in [3.8, 4) is 0 Å². The van der Waals surface area contributed by atoms with Crippen LogP contribution in [0.2, 0.25) is 0 Å². The second-order valence-electron chi connectivity index (χ2n) is 3.94. The van der Waals surface area contributed by atoms with Crippen molar-refractivity contribution in [2.24, 2.45) is 0 Å². The molecule has 0 amide bonds. The van der Waals surface area contributed by atoms with Crippen molar-refractivity contribution < 1.29 is 25.2 Å². The van der Waals surface area contributed by atoms with Crippen LogP contribution in [-0.4, -0.2) is 75.7 Å². The van der Waals surface area contributed by atoms with E-state index in [4.69, 9.17) is 9.84 Å². The van der Waals surface area contributed by atoms with Crippen LogP contribution in [0, 0.1) is 0 Å². The number of ether oxygens (including phenoxy) is 1. The molecule has 1 aliphatic heterocycles. The summed E-state index contributed by atoms with van der Waals surface area (Å²) in [6.45, 7) is 4.63. The van der Waals surface area contributed by atoms with Gasteiger partial charge in [0.25, 0.3) is 0 Å². The van der Waals surface area contributed by atoms with Gasteiger partial charge in [-0.15, -0.1) is 0 Å². The first-order valence-electron chi connectivity index (χ1n) is 5.61. The summed E-state index contributed by atoms with van der Waals surface area (Å²) in [7, 11) is 0. The van der Waals surface area contributed by atoms with E-state index in [0.717, 1.165) is 0 Å². The Morgan fingerprint density at radius 3 is 2.06 bits per heavy atom. The topological polar surface area (TPSA) is 93.4 Å². The summed E-state index contributed by atoms with van der Waals surface area (Å²) < 4.78 is 5.07. The normalized spacial score (nSPS) is 40.3. The second kappa shape index (κ2) is 5.90. The number of hydrogen-bond acceptors (Lipinski definition) is 6. The Morgan fingerprint density at radius 2 is 1.62 bits per heavy atom. The Bertz CT molecular complexity index is 211. The van der Waals surface area contributed by atoms with Gasteiger partial charge < -0.3 is 25.2 Å². The molecule has 16 heavy (non-hydrogen) atoms. The minimum absolute atomic E-state index is 0.430. The van der Waals surface area contributed by atoms with E-state index < -0.39 is 37.3 Å². The van der Waals surface area contributed by atoms with Crippen molar-refractivity contribution in [2.75, 3.05) is 19.7 Å². The molecule has 6 nitrogen and oxygen atoms in total. The van der Waals surface area contributed by atoms with Gasteiger partial charge in [-0.2, -0.15) is 0 Å². The molecule has 1 rings (SSSR count). The molecule has 0 bridgehead atoms. The predicted octanol–water partition coefficient (Wildman–Crippen LogP) is -1.87. The summed E-state index contributed by atoms with van der Waals surface area (Å²) >= 11 is 0. The van der Waals surface area contributed by atoms with Crippen molar-refractivity contribution in [3.05, 3.63) is 0 Å². The Labute approximate surface area is 95.1 Å². The zero-order chi connectivity index (χ0) is 12.3. The molecule has 0 aromatic carbocycles. The van der Waals surface area contributed by atoms with Crippen molar-refractivity contribution in [3.63, 3.8) is 0 Å². The lowest BCUT2D eigenvalue weighted by molar-refractivity contribution is -0.271. The molecule has 1 saturated heterocycles. The number of likely N-dealkylation sites (N-methyl/N-ethyl adjacent to an activating group) is 1. The molecular weight excluding hydrogens is 214 g/mol. The molecule has 0 aromatic heterocycles. The fourth-order valence-electron chi connectivity index (χ4n) is 2.12. The van der Waals surface area contributed by atoms with Gasteiger partial charge in [-0.1, -0.05) is 13.8 Å². The first-order valence-corrected chi connectivity index (χ1v) is 5.61. The first-order chi connectivity index (χ1) is 7.56. The number of aliphatic hydroxyl groups is 4. The molecule has 0 spiro atoms. The average Bonchev–Trinajstić information content (AvgIpc) is 2.29. The number of aliphatic hydroxyl groups excluding tert-OH is 4. The van der Waals surface area contributed by atoms with Crippen molar-refractivity contribution in [2.45, 2.75) is 44.5 Å². The Kier molecular flexibility index (Phi) is 5.10. The summed E-state index contributed by atoms with van der Waals surface area (Å²) in [5.74, 6) is 0. The molecule has 4 N–H and O–H groups in total. The van der Waals surface area contributed by atoms with Gasteiger partial charge in [-0.3, -0.25) is 4.90 Å². The van der Waals surface area contributed by atoms with Crippen molar-refractivity contribution in [1.29, 1.82) is 0 Å². The van der Waals surface area contributed by atoms with Crippen LogP contribution in [0.4, 0.5) is 0 Å². The predicted molar refractivity (Wildman–Crippen MR) is 56.7 cm³/mol. The lowest BCUT2D eigenvalue weighted by Gasteiger charge is -2.44. The van der Waals surface area contributed by atoms with Crippen molar-refractivity contribution in [1.82, 2.24) is 4.90 Å². The highest BCUT2D eigenvalue weighted by atomic mass is 16.6. The van der Waals surface area contributed by atoms with Gasteiger partial charge in [-0.25, -0.2) is 0 Å². The fourth-order valence-corrected chi connectivity index (χ4v) is 2.12. The summed E-state index contributed by atoms with van der Waals surface area (Å²) in [4.78, 5) is 1.81. The number of rotatable bonds is 4. The molecule has 6 heteroatoms. The van der Waals surface area contributed by atoms with Gasteiger partial charge in [0.2, 0.25) is 0 Å². The minimum Gasteiger partial charge on any atom is -0.394 e. The van der Waals surface area contributed by atoms with E-state index >= 15 is 0 Å². The minimum atomic E-state index is -1.20. The third-order valence-corrected chi connectivity index (χ3v) is 3.10. The fraction of sp³-hybridized carbons (Fsp3) is 1.00. The molecular formula is C10H21NO5. The van der Waals surface area contributed by atoms with E-state index in [1.807, 2.05) is 18.7 Å². The third-order valence-electron chi connectivity index (χ3n) is 3.10. The zero-order valence-electron chi connectivity index (χ0n) is 9.65. The lowest BCUT2D eigenvalue weighted by atomic mass is 9.96. The smallest absolute Gasteiger partial charge is 0.173 e. The van der Waals surface area contributed by atoms with Crippen LogP contribution in [-0.2, 0) is 4.74 Å². The Morgan fingerprint density at radius 1 is 1.06 bits per heavy atom. The molecule has 0 unspecified atom stereocenters. The zero-order valence-corrected chi connectivity index (χ0v) is 9.65. The monoisotopic (exact) mass is 235 g/mol. The van der Waals surface area contributed by atoms with Crippen LogP contribution in [0.5, 0.6) is 0 Å². The molecule has 96 valence electrons. The van der Waals surface area contributed by atoms with Gasteiger partial charge >= 0.3 is 0 Å². The summed E-state index contributed by atoms with van der Waals surface area (Å²) in [6.07, 6.45) is -4.44. The summed E-state index contributed by atoms with van der Waals surface area (Å²) in [6, 6.07) is -0.659. The molecule has 5 atom stereocenters. The number of nitrogens with zero attached hydrogens (tertiary/aromatic N) is 1. The first kappa shape index (κ1) is 13.8. The molecule has 1 heterocycles. The largest absolute Gasteiger partial charge is 0.394 e. The highest BCUT2D eigenvalue weighted by molar-refractivity contribution is 4.93. The second-order valence-corrected chi connectivity index (χ2v) is 3.94. The van der Waals surface area contributed by atoms with Gasteiger partial charge in [0.1, 0.15) is 18.3 Å². The van der Waals surface area contributed by atoms with Crippen LogP contribution in [0.1, 0.15) is 13.8 Å². The van der Waals surface area contributed by atoms with Crippen molar-refractivity contribution >= 4 is 0 Å². The molecule has 0 aromatic rings. The maximum atomic E-state index is 9.90. The lowest BCUT2D eigenvalue weighted by Crippen LogP contribution is -2.64. The molecule has 1 fully saturated rings. The van der Waals surface area contributed by atoms with Gasteiger partial charge in [0.15, 0.2) is 6.29 Å². The van der Waals surface area contributed by atoms with E-state index in [-0.39, 0.29) is 0 Å². The van der Waals surface area contributed by atoms with Crippen LogP contribution in [0.3, 0.4) is 0 Å². The number of hydrogen-bond donors (Lipinski definition) is 4. The van der Waals surface area contributed by atoms with Crippen LogP contribution < -0.4 is 0 Å². The quantitative estimate of drug-likeness (QED) is 0.456. The Balaban J connectivity index is 2.78. The average molecular weight is 235 g/mol. The SMILES string of the molecule is CCN(CC)[C@H]1[C@@H](O)[C@H](O)[C@@H](CO)O[C@H]1O. The Hall–Kier alpha value is -0.240.